The molecule has 0 saturated heterocycles. The normalized spacial score (nSPS) is 12.0. The minimum atomic E-state index is -0.492. The third kappa shape index (κ3) is 4.17. The molecule has 0 fully saturated rings. The first kappa shape index (κ1) is 21.4. The van der Waals surface area contributed by atoms with Crippen molar-refractivity contribution in [2.75, 3.05) is 5.32 Å². The number of aromatic nitrogens is 2. The largest absolute Gasteiger partial charge is 0.325 e. The molecule has 3 aromatic rings. The number of nitrogens with one attached hydrogen (secondary N) is 1. The van der Waals surface area contributed by atoms with E-state index in [0.717, 1.165) is 10.4 Å². The van der Waals surface area contributed by atoms with Gasteiger partial charge in [0.1, 0.15) is 10.9 Å². The molecular formula is C20H19ClN4O2S2. The Bertz CT molecular complexity index is 1210. The van der Waals surface area contributed by atoms with Gasteiger partial charge in [0.05, 0.1) is 21.2 Å². The summed E-state index contributed by atoms with van der Waals surface area (Å²) in [6.07, 6.45) is 0. The van der Waals surface area contributed by atoms with E-state index in [1.807, 2.05) is 26.8 Å². The van der Waals surface area contributed by atoms with Crippen LogP contribution < -0.4 is 10.9 Å². The molecule has 1 amide bonds. The molecule has 1 N–H and O–H groups in total. The lowest BCUT2D eigenvalue weighted by atomic mass is 10.2. The predicted molar refractivity (Wildman–Crippen MR) is 119 cm³/mol. The third-order valence-electron chi connectivity index (χ3n) is 4.58. The quantitative estimate of drug-likeness (QED) is 0.451. The molecule has 0 aliphatic rings. The molecule has 150 valence electrons. The molecule has 0 spiro atoms. The first-order chi connectivity index (χ1) is 13.8. The van der Waals surface area contributed by atoms with Crippen LogP contribution in [0.15, 0.2) is 28.2 Å². The van der Waals surface area contributed by atoms with E-state index < -0.39 is 5.25 Å². The van der Waals surface area contributed by atoms with Crippen LogP contribution in [0.25, 0.3) is 10.2 Å². The number of hydrogen-bond acceptors (Lipinski definition) is 6. The van der Waals surface area contributed by atoms with E-state index in [2.05, 4.69) is 10.3 Å². The molecule has 0 saturated carbocycles. The minimum Gasteiger partial charge on any atom is -0.325 e. The molecule has 2 heterocycles. The number of benzene rings is 1. The monoisotopic (exact) mass is 446 g/mol. The Hall–Kier alpha value is -2.34. The number of anilines is 1. The minimum absolute atomic E-state index is 0.0756. The van der Waals surface area contributed by atoms with Crippen molar-refractivity contribution in [1.29, 1.82) is 5.26 Å². The highest BCUT2D eigenvalue weighted by molar-refractivity contribution is 8.00. The van der Waals surface area contributed by atoms with Crippen LogP contribution in [-0.4, -0.2) is 20.7 Å². The van der Waals surface area contributed by atoms with E-state index in [9.17, 15) is 9.59 Å². The molecular weight excluding hydrogens is 428 g/mol. The fourth-order valence-corrected chi connectivity index (χ4v) is 5.08. The molecule has 0 aliphatic heterocycles. The van der Waals surface area contributed by atoms with Gasteiger partial charge in [-0.3, -0.25) is 14.2 Å². The summed E-state index contributed by atoms with van der Waals surface area (Å²) in [6.45, 7) is 8.02. The molecule has 2 aromatic heterocycles. The summed E-state index contributed by atoms with van der Waals surface area (Å²) in [5.74, 6) is -0.244. The maximum absolute atomic E-state index is 12.9. The topological polar surface area (TPSA) is 87.8 Å². The smallest absolute Gasteiger partial charge is 0.263 e. The van der Waals surface area contributed by atoms with Crippen LogP contribution in [0.4, 0.5) is 5.69 Å². The Morgan fingerprint density at radius 1 is 1.45 bits per heavy atom. The first-order valence-electron chi connectivity index (χ1n) is 8.94. The number of nitrogens with zero attached hydrogens (tertiary/aromatic N) is 3. The Kier molecular flexibility index (Phi) is 6.32. The highest BCUT2D eigenvalue weighted by Gasteiger charge is 2.21. The van der Waals surface area contributed by atoms with Gasteiger partial charge in [-0.25, -0.2) is 4.98 Å². The number of thioether (sulfide) groups is 1. The lowest BCUT2D eigenvalue weighted by Crippen LogP contribution is -2.26. The van der Waals surface area contributed by atoms with Gasteiger partial charge in [-0.05, 0) is 51.5 Å². The molecule has 0 bridgehead atoms. The average molecular weight is 447 g/mol. The summed E-state index contributed by atoms with van der Waals surface area (Å²) in [4.78, 5) is 32.0. The van der Waals surface area contributed by atoms with Gasteiger partial charge in [0, 0.05) is 17.1 Å². The van der Waals surface area contributed by atoms with E-state index >= 15 is 0 Å². The summed E-state index contributed by atoms with van der Waals surface area (Å²) in [7, 11) is 0. The third-order valence-corrected chi connectivity index (χ3v) is 7.08. The highest BCUT2D eigenvalue weighted by atomic mass is 35.5. The van der Waals surface area contributed by atoms with Crippen LogP contribution >= 0.6 is 34.7 Å². The predicted octanol–water partition coefficient (Wildman–Crippen LogP) is 4.74. The lowest BCUT2D eigenvalue weighted by Gasteiger charge is -2.15. The maximum Gasteiger partial charge on any atom is 0.263 e. The molecule has 0 aliphatic carbocycles. The highest BCUT2D eigenvalue weighted by Crippen LogP contribution is 2.30. The zero-order valence-electron chi connectivity index (χ0n) is 16.4. The van der Waals surface area contributed by atoms with Crippen molar-refractivity contribution in [3.8, 4) is 6.07 Å². The second-order valence-electron chi connectivity index (χ2n) is 6.46. The molecule has 3 rings (SSSR count). The number of halogens is 1. The van der Waals surface area contributed by atoms with Gasteiger partial charge < -0.3 is 5.32 Å². The second kappa shape index (κ2) is 8.57. The maximum atomic E-state index is 12.9. The number of nitriles is 1. The molecule has 0 radical (unpaired) electrons. The number of fused-ring (bicyclic) bond motifs is 1. The number of aryl methyl sites for hydroxylation is 2. The average Bonchev–Trinajstić information content (AvgIpc) is 2.96. The lowest BCUT2D eigenvalue weighted by molar-refractivity contribution is -0.115. The van der Waals surface area contributed by atoms with Crippen LogP contribution in [0.5, 0.6) is 0 Å². The standard InChI is InChI=1S/C20H19ClN4O2S2/c1-5-25-19(27)16-10(2)11(3)28-18(16)24-20(25)29-12(4)17(26)23-14-7-6-13(9-22)15(21)8-14/h6-8,12H,5H2,1-4H3,(H,23,26). The zero-order chi connectivity index (χ0) is 21.3. The number of carbonyl (C=O) groups is 1. The summed E-state index contributed by atoms with van der Waals surface area (Å²) in [5.41, 5.74) is 1.74. The Labute approximate surface area is 181 Å². The Morgan fingerprint density at radius 2 is 2.17 bits per heavy atom. The second-order valence-corrected chi connectivity index (χ2v) is 9.38. The van der Waals surface area contributed by atoms with E-state index in [0.29, 0.717) is 33.2 Å². The summed E-state index contributed by atoms with van der Waals surface area (Å²) < 4.78 is 1.61. The van der Waals surface area contributed by atoms with Crippen LogP contribution in [0.3, 0.4) is 0 Å². The van der Waals surface area contributed by atoms with E-state index in [4.69, 9.17) is 16.9 Å². The number of carbonyl (C=O) groups excluding carboxylic acids is 1. The Balaban J connectivity index is 1.86. The molecule has 1 unspecified atom stereocenters. The van der Waals surface area contributed by atoms with Crippen molar-refractivity contribution in [3.63, 3.8) is 0 Å². The number of amides is 1. The number of rotatable bonds is 5. The SMILES string of the molecule is CCn1c(SC(C)C(=O)Nc2ccc(C#N)c(Cl)c2)nc2sc(C)c(C)c2c1=O. The van der Waals surface area contributed by atoms with Crippen molar-refractivity contribution >= 4 is 56.5 Å². The van der Waals surface area contributed by atoms with Crippen LogP contribution in [0.2, 0.25) is 5.02 Å². The van der Waals surface area contributed by atoms with Crippen molar-refractivity contribution in [2.45, 2.75) is 44.6 Å². The summed E-state index contributed by atoms with van der Waals surface area (Å²) >= 11 is 8.75. The van der Waals surface area contributed by atoms with Gasteiger partial charge in [-0.1, -0.05) is 23.4 Å². The van der Waals surface area contributed by atoms with Gasteiger partial charge in [-0.15, -0.1) is 11.3 Å². The molecule has 29 heavy (non-hydrogen) atoms. The molecule has 1 aromatic carbocycles. The molecule has 1 atom stereocenters. The van der Waals surface area contributed by atoms with Crippen molar-refractivity contribution in [2.24, 2.45) is 0 Å². The van der Waals surface area contributed by atoms with Crippen molar-refractivity contribution in [3.05, 3.63) is 49.6 Å². The van der Waals surface area contributed by atoms with Crippen LogP contribution in [-0.2, 0) is 11.3 Å². The molecule has 6 nitrogen and oxygen atoms in total. The number of hydrogen-bond donors (Lipinski definition) is 1. The van der Waals surface area contributed by atoms with Crippen molar-refractivity contribution in [1.82, 2.24) is 9.55 Å². The van der Waals surface area contributed by atoms with Gasteiger partial charge in [0.15, 0.2) is 5.16 Å². The summed E-state index contributed by atoms with van der Waals surface area (Å²) in [6, 6.07) is 6.71. The fourth-order valence-electron chi connectivity index (χ4n) is 2.82. The van der Waals surface area contributed by atoms with Gasteiger partial charge >= 0.3 is 0 Å². The Morgan fingerprint density at radius 3 is 2.79 bits per heavy atom. The van der Waals surface area contributed by atoms with Gasteiger partial charge in [0.2, 0.25) is 5.91 Å². The zero-order valence-corrected chi connectivity index (χ0v) is 18.8. The molecule has 9 heteroatoms. The van der Waals surface area contributed by atoms with E-state index in [-0.39, 0.29) is 16.5 Å². The van der Waals surface area contributed by atoms with Crippen LogP contribution in [0, 0.1) is 25.2 Å². The van der Waals surface area contributed by atoms with Gasteiger partial charge in [0.25, 0.3) is 5.56 Å². The fraction of sp³-hybridized carbons (Fsp3) is 0.300. The van der Waals surface area contributed by atoms with Crippen molar-refractivity contribution < 1.29 is 4.79 Å². The first-order valence-corrected chi connectivity index (χ1v) is 11.0. The number of thiophene rings is 1. The van der Waals surface area contributed by atoms with E-state index in [1.54, 1.807) is 29.7 Å². The summed E-state index contributed by atoms with van der Waals surface area (Å²) in [5, 5.41) is 12.7. The van der Waals surface area contributed by atoms with Crippen LogP contribution in [0.1, 0.15) is 29.9 Å². The van der Waals surface area contributed by atoms with E-state index in [1.165, 1.54) is 23.1 Å². The van der Waals surface area contributed by atoms with Gasteiger partial charge in [-0.2, -0.15) is 5.26 Å².